The van der Waals surface area contributed by atoms with Gasteiger partial charge in [0.25, 0.3) is 0 Å². The molecule has 1 fully saturated rings. The van der Waals surface area contributed by atoms with E-state index in [1.807, 2.05) is 30.3 Å². The number of ether oxygens (including phenoxy) is 3. The summed E-state index contributed by atoms with van der Waals surface area (Å²) in [5.74, 6) is 0.245. The SMILES string of the molecule is COc1ccc(C(=O)[C@@H](C)OC(=O)[C@H]2CC(=O)N(c3ccc(Oc4ccc(C(C)(C)c5ccccc5)cc4)cc3)C2)cc1. The first-order valence-electron chi connectivity index (χ1n) is 14.3. The summed E-state index contributed by atoms with van der Waals surface area (Å²) in [7, 11) is 1.54. The zero-order valence-corrected chi connectivity index (χ0v) is 24.8. The Morgan fingerprint density at radius 1 is 0.791 bits per heavy atom. The van der Waals surface area contributed by atoms with E-state index in [9.17, 15) is 14.4 Å². The lowest BCUT2D eigenvalue weighted by Gasteiger charge is -2.26. The van der Waals surface area contributed by atoms with Crippen LogP contribution in [0.5, 0.6) is 17.2 Å². The van der Waals surface area contributed by atoms with Crippen LogP contribution in [0.3, 0.4) is 0 Å². The van der Waals surface area contributed by atoms with Crippen molar-refractivity contribution >= 4 is 23.3 Å². The first kappa shape index (κ1) is 29.6. The molecule has 1 amide bonds. The summed E-state index contributed by atoms with van der Waals surface area (Å²) in [4.78, 5) is 39.9. The molecule has 5 rings (SSSR count). The van der Waals surface area contributed by atoms with E-state index in [1.54, 1.807) is 60.5 Å². The maximum absolute atomic E-state index is 12.8. The number of Topliss-reactive ketones (excluding diaryl/α,β-unsaturated/α-hetero) is 1. The quantitative estimate of drug-likeness (QED) is 0.149. The van der Waals surface area contributed by atoms with Crippen molar-refractivity contribution in [3.05, 3.63) is 120 Å². The molecule has 0 aromatic heterocycles. The number of carbonyl (C=O) groups is 3. The molecule has 4 aromatic carbocycles. The van der Waals surface area contributed by atoms with Crippen molar-refractivity contribution in [1.82, 2.24) is 0 Å². The van der Waals surface area contributed by atoms with E-state index in [-0.39, 0.29) is 30.1 Å². The summed E-state index contributed by atoms with van der Waals surface area (Å²) in [6.07, 6.45) is -0.952. The summed E-state index contributed by atoms with van der Waals surface area (Å²) in [6, 6.07) is 32.2. The molecule has 43 heavy (non-hydrogen) atoms. The van der Waals surface area contributed by atoms with Crippen molar-refractivity contribution < 1.29 is 28.6 Å². The minimum absolute atomic E-state index is 0.0200. The van der Waals surface area contributed by atoms with Gasteiger partial charge in [-0.15, -0.1) is 0 Å². The number of rotatable bonds is 10. The summed E-state index contributed by atoms with van der Waals surface area (Å²) in [5, 5.41) is 0. The minimum Gasteiger partial charge on any atom is -0.497 e. The Morgan fingerprint density at radius 2 is 1.35 bits per heavy atom. The first-order valence-corrected chi connectivity index (χ1v) is 14.3. The Balaban J connectivity index is 1.17. The number of hydrogen-bond donors (Lipinski definition) is 0. The highest BCUT2D eigenvalue weighted by molar-refractivity contribution is 6.02. The van der Waals surface area contributed by atoms with Crippen LogP contribution in [-0.4, -0.2) is 37.4 Å². The molecular weight excluding hydrogens is 542 g/mol. The van der Waals surface area contributed by atoms with Gasteiger partial charge in [-0.1, -0.05) is 56.3 Å². The molecule has 1 saturated heterocycles. The van der Waals surface area contributed by atoms with Crippen molar-refractivity contribution in [3.8, 4) is 17.2 Å². The van der Waals surface area contributed by atoms with Gasteiger partial charge in [0.05, 0.1) is 13.0 Å². The van der Waals surface area contributed by atoms with Gasteiger partial charge in [0, 0.05) is 29.6 Å². The second kappa shape index (κ2) is 12.5. The number of ketones is 1. The number of esters is 1. The van der Waals surface area contributed by atoms with Crippen molar-refractivity contribution in [2.45, 2.75) is 38.7 Å². The lowest BCUT2D eigenvalue weighted by Crippen LogP contribution is -2.30. The van der Waals surface area contributed by atoms with Crippen LogP contribution < -0.4 is 14.4 Å². The smallest absolute Gasteiger partial charge is 0.312 e. The fourth-order valence-corrected chi connectivity index (χ4v) is 5.22. The number of carbonyl (C=O) groups excluding carboxylic acids is 3. The molecule has 4 aromatic rings. The van der Waals surface area contributed by atoms with Crippen LogP contribution in [0.15, 0.2) is 103 Å². The van der Waals surface area contributed by atoms with Crippen molar-refractivity contribution in [2.75, 3.05) is 18.6 Å². The monoisotopic (exact) mass is 577 g/mol. The Hall–Kier alpha value is -4.91. The zero-order chi connectivity index (χ0) is 30.6. The molecule has 1 aliphatic rings. The molecule has 0 N–H and O–H groups in total. The molecule has 0 spiro atoms. The van der Waals surface area contributed by atoms with E-state index in [0.717, 1.165) is 0 Å². The largest absolute Gasteiger partial charge is 0.497 e. The van der Waals surface area contributed by atoms with Crippen molar-refractivity contribution in [1.29, 1.82) is 0 Å². The standard InChI is InChI=1S/C36H35NO6/c1-24(34(39)25-10-16-30(41-4)17-11-25)42-35(40)26-22-33(38)37(23-26)29-14-20-32(21-15-29)43-31-18-12-28(13-19-31)36(2,3)27-8-6-5-7-9-27/h5-21,24,26H,22-23H2,1-4H3/t24-,26+/m1/s1. The third-order valence-corrected chi connectivity index (χ3v) is 7.95. The number of methoxy groups -OCH3 is 1. The first-order chi connectivity index (χ1) is 20.7. The maximum Gasteiger partial charge on any atom is 0.312 e. The van der Waals surface area contributed by atoms with Crippen LogP contribution in [0.4, 0.5) is 5.69 Å². The van der Waals surface area contributed by atoms with Crippen LogP contribution in [0.2, 0.25) is 0 Å². The van der Waals surface area contributed by atoms with Gasteiger partial charge in [0.1, 0.15) is 17.2 Å². The number of anilines is 1. The highest BCUT2D eigenvalue weighted by Crippen LogP contribution is 2.34. The minimum atomic E-state index is -0.972. The Labute approximate surface area is 252 Å². The van der Waals surface area contributed by atoms with Crippen molar-refractivity contribution in [2.24, 2.45) is 5.92 Å². The van der Waals surface area contributed by atoms with Gasteiger partial charge >= 0.3 is 5.97 Å². The van der Waals surface area contributed by atoms with Crippen LogP contribution in [0, 0.1) is 5.92 Å². The molecule has 7 heteroatoms. The summed E-state index contributed by atoms with van der Waals surface area (Å²) >= 11 is 0. The van der Waals surface area contributed by atoms with E-state index < -0.39 is 18.0 Å². The Kier molecular flexibility index (Phi) is 8.62. The number of benzene rings is 4. The maximum atomic E-state index is 12.8. The second-order valence-corrected chi connectivity index (χ2v) is 11.2. The second-order valence-electron chi connectivity index (χ2n) is 11.2. The molecule has 0 bridgehead atoms. The molecule has 0 saturated carbocycles. The molecule has 2 atom stereocenters. The predicted molar refractivity (Wildman–Crippen MR) is 165 cm³/mol. The van der Waals surface area contributed by atoms with Gasteiger partial charge in [0.15, 0.2) is 6.10 Å². The van der Waals surface area contributed by atoms with E-state index in [0.29, 0.717) is 28.5 Å². The number of hydrogen-bond acceptors (Lipinski definition) is 6. The molecule has 7 nitrogen and oxygen atoms in total. The lowest BCUT2D eigenvalue weighted by molar-refractivity contribution is -0.151. The molecule has 0 radical (unpaired) electrons. The van der Waals surface area contributed by atoms with E-state index in [2.05, 4.69) is 38.1 Å². The normalized spacial score (nSPS) is 15.6. The van der Waals surface area contributed by atoms with Gasteiger partial charge in [-0.2, -0.15) is 0 Å². The average molecular weight is 578 g/mol. The van der Waals surface area contributed by atoms with Gasteiger partial charge in [-0.05, 0) is 78.7 Å². The topological polar surface area (TPSA) is 82.1 Å². The number of nitrogens with zero attached hydrogens (tertiary/aromatic N) is 1. The third kappa shape index (κ3) is 6.61. The molecule has 1 aliphatic heterocycles. The van der Waals surface area contributed by atoms with Gasteiger partial charge in [-0.25, -0.2) is 0 Å². The van der Waals surface area contributed by atoms with E-state index in [1.165, 1.54) is 18.1 Å². The van der Waals surface area contributed by atoms with Crippen LogP contribution in [0.25, 0.3) is 0 Å². The van der Waals surface area contributed by atoms with Crippen LogP contribution in [-0.2, 0) is 19.7 Å². The van der Waals surface area contributed by atoms with Crippen molar-refractivity contribution in [3.63, 3.8) is 0 Å². The highest BCUT2D eigenvalue weighted by atomic mass is 16.5. The Bertz CT molecular complexity index is 1580. The number of amides is 1. The molecule has 220 valence electrons. The summed E-state index contributed by atoms with van der Waals surface area (Å²) < 4.78 is 16.6. The van der Waals surface area contributed by atoms with Crippen LogP contribution in [0.1, 0.15) is 48.7 Å². The predicted octanol–water partition coefficient (Wildman–Crippen LogP) is 6.98. The zero-order valence-electron chi connectivity index (χ0n) is 24.8. The summed E-state index contributed by atoms with van der Waals surface area (Å²) in [6.45, 7) is 6.11. The molecule has 0 unspecified atom stereocenters. The fourth-order valence-electron chi connectivity index (χ4n) is 5.22. The lowest BCUT2D eigenvalue weighted by atomic mass is 9.78. The third-order valence-electron chi connectivity index (χ3n) is 7.95. The van der Waals surface area contributed by atoms with E-state index >= 15 is 0 Å². The molecular formula is C36H35NO6. The van der Waals surface area contributed by atoms with Gasteiger partial charge in [0.2, 0.25) is 11.7 Å². The fraction of sp³-hybridized carbons (Fsp3) is 0.250. The van der Waals surface area contributed by atoms with Gasteiger partial charge in [-0.3, -0.25) is 14.4 Å². The summed E-state index contributed by atoms with van der Waals surface area (Å²) in [5.41, 5.74) is 3.36. The highest BCUT2D eigenvalue weighted by Gasteiger charge is 2.37. The van der Waals surface area contributed by atoms with E-state index in [4.69, 9.17) is 14.2 Å². The molecule has 0 aliphatic carbocycles. The van der Waals surface area contributed by atoms with Crippen LogP contribution >= 0.6 is 0 Å². The molecule has 1 heterocycles. The Morgan fingerprint density at radius 3 is 1.95 bits per heavy atom. The van der Waals surface area contributed by atoms with Gasteiger partial charge < -0.3 is 19.1 Å². The average Bonchev–Trinajstić information content (AvgIpc) is 3.43.